The largest absolute Gasteiger partial charge is 0.350 e. The molecular formula is C13H13N3O2. The summed E-state index contributed by atoms with van der Waals surface area (Å²) in [7, 11) is 0. The van der Waals surface area contributed by atoms with E-state index in [9.17, 15) is 9.59 Å². The predicted molar refractivity (Wildman–Crippen MR) is 67.3 cm³/mol. The Morgan fingerprint density at radius 3 is 2.72 bits per heavy atom. The molecule has 0 saturated carbocycles. The van der Waals surface area contributed by atoms with Crippen LogP contribution >= 0.6 is 0 Å². The number of amides is 1. The minimum Gasteiger partial charge on any atom is -0.350 e. The maximum Gasteiger partial charge on any atom is 0.271 e. The van der Waals surface area contributed by atoms with Gasteiger partial charge in [0.1, 0.15) is 5.69 Å². The molecule has 0 aliphatic heterocycles. The van der Waals surface area contributed by atoms with Crippen molar-refractivity contribution in [3.05, 3.63) is 64.3 Å². The van der Waals surface area contributed by atoms with Gasteiger partial charge in [0.05, 0.1) is 6.20 Å². The molecule has 0 aliphatic carbocycles. The number of nitrogens with one attached hydrogen (secondary N) is 2. The molecule has 5 nitrogen and oxygen atoms in total. The van der Waals surface area contributed by atoms with E-state index in [1.54, 1.807) is 0 Å². The highest BCUT2D eigenvalue weighted by molar-refractivity contribution is 5.91. The summed E-state index contributed by atoms with van der Waals surface area (Å²) >= 11 is 0. The summed E-state index contributed by atoms with van der Waals surface area (Å²) in [6.07, 6.45) is 3.15. The number of hydrogen-bond donors (Lipinski definition) is 2. The SMILES string of the molecule is O=C(NCCc1ccccc1)c1c[nH]c(=O)cn1. The molecule has 5 heteroatoms. The van der Waals surface area contributed by atoms with Crippen molar-refractivity contribution in [1.29, 1.82) is 0 Å². The summed E-state index contributed by atoms with van der Waals surface area (Å²) in [6.45, 7) is 0.531. The van der Waals surface area contributed by atoms with Gasteiger partial charge in [0.25, 0.3) is 11.5 Å². The molecule has 0 unspecified atom stereocenters. The van der Waals surface area contributed by atoms with Crippen LogP contribution < -0.4 is 10.9 Å². The molecule has 2 rings (SSSR count). The van der Waals surface area contributed by atoms with Crippen LogP contribution in [-0.4, -0.2) is 22.4 Å². The van der Waals surface area contributed by atoms with Crippen LogP contribution in [0.3, 0.4) is 0 Å². The van der Waals surface area contributed by atoms with Gasteiger partial charge in [0.15, 0.2) is 0 Å². The second-order valence-electron chi connectivity index (χ2n) is 3.79. The molecule has 1 aromatic heterocycles. The highest BCUT2D eigenvalue weighted by Gasteiger charge is 2.05. The zero-order valence-electron chi connectivity index (χ0n) is 9.72. The van der Waals surface area contributed by atoms with Crippen molar-refractivity contribution >= 4 is 5.91 Å². The number of aromatic amines is 1. The predicted octanol–water partition coefficient (Wildman–Crippen LogP) is 0.742. The van der Waals surface area contributed by atoms with Crippen molar-refractivity contribution in [2.24, 2.45) is 0 Å². The second kappa shape index (κ2) is 5.77. The lowest BCUT2D eigenvalue weighted by molar-refractivity contribution is 0.0948. The smallest absolute Gasteiger partial charge is 0.271 e. The van der Waals surface area contributed by atoms with Gasteiger partial charge in [-0.3, -0.25) is 9.59 Å². The average molecular weight is 243 g/mol. The van der Waals surface area contributed by atoms with E-state index in [1.165, 1.54) is 6.20 Å². The molecule has 0 bridgehead atoms. The van der Waals surface area contributed by atoms with Gasteiger partial charge in [-0.1, -0.05) is 30.3 Å². The number of nitrogens with zero attached hydrogens (tertiary/aromatic N) is 1. The quantitative estimate of drug-likeness (QED) is 0.831. The molecule has 2 N–H and O–H groups in total. The fourth-order valence-electron chi connectivity index (χ4n) is 1.52. The molecule has 0 spiro atoms. The molecule has 0 saturated heterocycles. The zero-order chi connectivity index (χ0) is 12.8. The van der Waals surface area contributed by atoms with E-state index in [1.807, 2.05) is 30.3 Å². The van der Waals surface area contributed by atoms with Gasteiger partial charge >= 0.3 is 0 Å². The lowest BCUT2D eigenvalue weighted by atomic mass is 10.1. The van der Waals surface area contributed by atoms with E-state index in [2.05, 4.69) is 15.3 Å². The van der Waals surface area contributed by atoms with Crippen LogP contribution in [0.15, 0.2) is 47.5 Å². The lowest BCUT2D eigenvalue weighted by Gasteiger charge is -2.04. The Balaban J connectivity index is 1.85. The Morgan fingerprint density at radius 1 is 1.28 bits per heavy atom. The zero-order valence-corrected chi connectivity index (χ0v) is 9.72. The van der Waals surface area contributed by atoms with Gasteiger partial charge < -0.3 is 10.3 Å². The maximum absolute atomic E-state index is 11.7. The van der Waals surface area contributed by atoms with Crippen molar-refractivity contribution in [1.82, 2.24) is 15.3 Å². The molecule has 18 heavy (non-hydrogen) atoms. The first-order valence-electron chi connectivity index (χ1n) is 5.62. The molecular weight excluding hydrogens is 230 g/mol. The number of aromatic nitrogens is 2. The van der Waals surface area contributed by atoms with Crippen LogP contribution in [0.5, 0.6) is 0 Å². The summed E-state index contributed by atoms with van der Waals surface area (Å²) in [4.78, 5) is 28.6. The van der Waals surface area contributed by atoms with Crippen molar-refractivity contribution in [2.75, 3.05) is 6.54 Å². The molecule has 0 radical (unpaired) electrons. The summed E-state index contributed by atoms with van der Waals surface area (Å²) in [5.41, 5.74) is 1.05. The normalized spacial score (nSPS) is 10.0. The van der Waals surface area contributed by atoms with E-state index in [4.69, 9.17) is 0 Å². The van der Waals surface area contributed by atoms with E-state index < -0.39 is 0 Å². The first-order chi connectivity index (χ1) is 8.75. The van der Waals surface area contributed by atoms with Gasteiger partial charge in [-0.25, -0.2) is 4.98 Å². The molecule has 1 aromatic carbocycles. The number of rotatable bonds is 4. The maximum atomic E-state index is 11.7. The summed E-state index contributed by atoms with van der Waals surface area (Å²) in [5, 5.41) is 2.74. The van der Waals surface area contributed by atoms with E-state index >= 15 is 0 Å². The minimum absolute atomic E-state index is 0.211. The van der Waals surface area contributed by atoms with E-state index in [0.29, 0.717) is 6.54 Å². The van der Waals surface area contributed by atoms with E-state index in [-0.39, 0.29) is 17.2 Å². The average Bonchev–Trinajstić information content (AvgIpc) is 2.40. The summed E-state index contributed by atoms with van der Waals surface area (Å²) < 4.78 is 0. The van der Waals surface area contributed by atoms with Crippen LogP contribution in [-0.2, 0) is 6.42 Å². The summed E-state index contributed by atoms with van der Waals surface area (Å²) in [6, 6.07) is 9.88. The van der Waals surface area contributed by atoms with Crippen LogP contribution in [0.4, 0.5) is 0 Å². The van der Waals surface area contributed by atoms with Gasteiger partial charge in [0.2, 0.25) is 0 Å². The lowest BCUT2D eigenvalue weighted by Crippen LogP contribution is -2.27. The fraction of sp³-hybridized carbons (Fsp3) is 0.154. The van der Waals surface area contributed by atoms with Gasteiger partial charge in [-0.05, 0) is 12.0 Å². The topological polar surface area (TPSA) is 74.8 Å². The molecule has 92 valence electrons. The Morgan fingerprint density at radius 2 is 2.06 bits per heavy atom. The first-order valence-corrected chi connectivity index (χ1v) is 5.62. The van der Waals surface area contributed by atoms with Crippen molar-refractivity contribution < 1.29 is 4.79 Å². The Bertz CT molecular complexity index is 558. The third-order valence-electron chi connectivity index (χ3n) is 2.45. The van der Waals surface area contributed by atoms with Crippen LogP contribution in [0.2, 0.25) is 0 Å². The summed E-state index contributed by atoms with van der Waals surface area (Å²) in [5.74, 6) is -0.290. The van der Waals surface area contributed by atoms with Crippen molar-refractivity contribution in [2.45, 2.75) is 6.42 Å². The van der Waals surface area contributed by atoms with Crippen LogP contribution in [0.25, 0.3) is 0 Å². The number of benzene rings is 1. The highest BCUT2D eigenvalue weighted by Crippen LogP contribution is 1.98. The Hall–Kier alpha value is -2.43. The van der Waals surface area contributed by atoms with Crippen molar-refractivity contribution in [3.8, 4) is 0 Å². The van der Waals surface area contributed by atoms with Crippen LogP contribution in [0, 0.1) is 0 Å². The second-order valence-corrected chi connectivity index (χ2v) is 3.79. The van der Waals surface area contributed by atoms with Crippen molar-refractivity contribution in [3.63, 3.8) is 0 Å². The monoisotopic (exact) mass is 243 g/mol. The number of carbonyl (C=O) groups is 1. The first kappa shape index (κ1) is 12.0. The Kier molecular flexibility index (Phi) is 3.86. The number of hydrogen-bond acceptors (Lipinski definition) is 3. The highest BCUT2D eigenvalue weighted by atomic mass is 16.2. The van der Waals surface area contributed by atoms with Crippen LogP contribution in [0.1, 0.15) is 16.1 Å². The molecule has 0 aliphatic rings. The standard InChI is InChI=1S/C13H13N3O2/c17-12-9-15-11(8-16-12)13(18)14-7-6-10-4-2-1-3-5-10/h1-5,8-9H,6-7H2,(H,14,18)(H,16,17). The van der Waals surface area contributed by atoms with Gasteiger partial charge in [-0.2, -0.15) is 0 Å². The minimum atomic E-state index is -0.323. The molecule has 0 atom stereocenters. The van der Waals surface area contributed by atoms with E-state index in [0.717, 1.165) is 18.2 Å². The fourth-order valence-corrected chi connectivity index (χ4v) is 1.52. The third-order valence-corrected chi connectivity index (χ3v) is 2.45. The van der Waals surface area contributed by atoms with Gasteiger partial charge in [-0.15, -0.1) is 0 Å². The number of H-pyrrole nitrogens is 1. The van der Waals surface area contributed by atoms with Gasteiger partial charge in [0, 0.05) is 12.7 Å². The third kappa shape index (κ3) is 3.28. The molecule has 1 heterocycles. The molecule has 1 amide bonds. The number of carbonyl (C=O) groups excluding carboxylic acids is 1. The molecule has 2 aromatic rings. The molecule has 0 fully saturated rings. The Labute approximate surface area is 104 Å².